The number of benzene rings is 1. The molecule has 1 rings (SSSR count). The van der Waals surface area contributed by atoms with E-state index in [0.717, 1.165) is 0 Å². The Labute approximate surface area is 202 Å². The van der Waals surface area contributed by atoms with Gasteiger partial charge in [-0.05, 0) is 23.6 Å². The largest absolute Gasteiger partial charge is 0.508 e. The van der Waals surface area contributed by atoms with Gasteiger partial charge in [0.25, 0.3) is 0 Å². The van der Waals surface area contributed by atoms with Gasteiger partial charge in [0.2, 0.25) is 23.6 Å². The Morgan fingerprint density at radius 3 is 2.00 bits per heavy atom. The van der Waals surface area contributed by atoms with Crippen LogP contribution in [0.4, 0.5) is 0 Å². The van der Waals surface area contributed by atoms with Crippen LogP contribution < -0.4 is 27.4 Å². The van der Waals surface area contributed by atoms with Gasteiger partial charge in [0, 0.05) is 6.42 Å². The molecule has 1 aromatic carbocycles. The van der Waals surface area contributed by atoms with Gasteiger partial charge in [0.15, 0.2) is 0 Å². The highest BCUT2D eigenvalue weighted by molar-refractivity contribution is 5.95. The summed E-state index contributed by atoms with van der Waals surface area (Å²) in [5.41, 5.74) is 11.3. The lowest BCUT2D eigenvalue weighted by Gasteiger charge is -2.28. The van der Waals surface area contributed by atoms with Gasteiger partial charge < -0.3 is 42.7 Å². The summed E-state index contributed by atoms with van der Waals surface area (Å²) in [5.74, 6) is -5.09. The minimum atomic E-state index is -1.60. The van der Waals surface area contributed by atoms with E-state index < -0.39 is 72.7 Å². The summed E-state index contributed by atoms with van der Waals surface area (Å²) in [6.07, 6.45) is -0.0495. The molecule has 13 heteroatoms. The van der Waals surface area contributed by atoms with Crippen LogP contribution >= 0.6 is 0 Å². The number of aliphatic hydroxyl groups is 1. The topological polar surface area (TPSA) is 234 Å². The molecule has 194 valence electrons. The van der Waals surface area contributed by atoms with E-state index in [1.54, 1.807) is 13.8 Å². The number of phenolic OH excluding ortho intramolecular Hbond substituents is 1. The first-order valence-electron chi connectivity index (χ1n) is 11.0. The number of nitrogens with one attached hydrogen (secondary N) is 3. The van der Waals surface area contributed by atoms with Crippen LogP contribution in [0.25, 0.3) is 0 Å². The second kappa shape index (κ2) is 13.9. The summed E-state index contributed by atoms with van der Waals surface area (Å²) in [6, 6.07) is 0.489. The lowest BCUT2D eigenvalue weighted by molar-refractivity contribution is -0.143. The fourth-order valence-electron chi connectivity index (χ4n) is 3.07. The average Bonchev–Trinajstić information content (AvgIpc) is 2.80. The van der Waals surface area contributed by atoms with E-state index in [2.05, 4.69) is 16.0 Å². The third-order valence-corrected chi connectivity index (χ3v) is 5.36. The van der Waals surface area contributed by atoms with E-state index in [9.17, 15) is 34.2 Å². The molecule has 0 saturated carbocycles. The van der Waals surface area contributed by atoms with Crippen molar-refractivity contribution in [3.63, 3.8) is 0 Å². The van der Waals surface area contributed by atoms with Crippen LogP contribution in [0, 0.1) is 5.92 Å². The summed E-state index contributed by atoms with van der Waals surface area (Å²) in [6.45, 7) is 2.59. The third-order valence-electron chi connectivity index (χ3n) is 5.36. The molecule has 0 aromatic heterocycles. The number of amides is 4. The maximum Gasteiger partial charge on any atom is 0.328 e. The van der Waals surface area contributed by atoms with Crippen LogP contribution in [0.3, 0.4) is 0 Å². The number of hydrogen-bond donors (Lipinski definition) is 8. The van der Waals surface area contributed by atoms with Crippen LogP contribution in [0.1, 0.15) is 32.3 Å². The number of primary amides is 1. The first kappa shape index (κ1) is 29.3. The normalized spacial score (nSPS) is 15.1. The summed E-state index contributed by atoms with van der Waals surface area (Å²) in [5, 5.41) is 35.0. The molecule has 0 aliphatic heterocycles. The van der Waals surface area contributed by atoms with Gasteiger partial charge in [-0.15, -0.1) is 0 Å². The zero-order valence-corrected chi connectivity index (χ0v) is 19.6. The second-order valence-corrected chi connectivity index (χ2v) is 8.16. The number of hydrogen-bond acceptors (Lipinski definition) is 8. The van der Waals surface area contributed by atoms with Crippen molar-refractivity contribution in [2.24, 2.45) is 17.4 Å². The van der Waals surface area contributed by atoms with Crippen molar-refractivity contribution >= 4 is 29.6 Å². The fourth-order valence-corrected chi connectivity index (χ4v) is 3.07. The first-order valence-corrected chi connectivity index (χ1v) is 11.0. The molecular formula is C22H33N5O8. The van der Waals surface area contributed by atoms with Gasteiger partial charge in [0.1, 0.15) is 23.9 Å². The monoisotopic (exact) mass is 495 g/mol. The van der Waals surface area contributed by atoms with Crippen LogP contribution in [-0.4, -0.2) is 75.7 Å². The van der Waals surface area contributed by atoms with Crippen LogP contribution in [0.15, 0.2) is 24.3 Å². The van der Waals surface area contributed by atoms with E-state index >= 15 is 0 Å². The van der Waals surface area contributed by atoms with Crippen molar-refractivity contribution in [2.45, 2.75) is 57.3 Å². The molecule has 0 fully saturated rings. The van der Waals surface area contributed by atoms with E-state index in [0.29, 0.717) is 12.0 Å². The molecule has 0 spiro atoms. The second-order valence-electron chi connectivity index (χ2n) is 8.16. The lowest BCUT2D eigenvalue weighted by atomic mass is 9.96. The molecule has 4 amide bonds. The first-order chi connectivity index (χ1) is 16.4. The molecule has 0 aliphatic carbocycles. The van der Waals surface area contributed by atoms with Crippen LogP contribution in [0.5, 0.6) is 5.75 Å². The highest BCUT2D eigenvalue weighted by atomic mass is 16.4. The quantitative estimate of drug-likeness (QED) is 0.138. The molecule has 0 bridgehead atoms. The van der Waals surface area contributed by atoms with Gasteiger partial charge >= 0.3 is 5.97 Å². The Balaban J connectivity index is 3.14. The minimum Gasteiger partial charge on any atom is -0.508 e. The van der Waals surface area contributed by atoms with Crippen LogP contribution in [-0.2, 0) is 30.4 Å². The number of aromatic hydroxyl groups is 1. The van der Waals surface area contributed by atoms with Gasteiger partial charge in [-0.1, -0.05) is 32.4 Å². The van der Waals surface area contributed by atoms with E-state index in [4.69, 9.17) is 16.6 Å². The SMILES string of the molecule is CCC(C)C(NC(=O)C(N)CC(N)=O)C(=O)NC(Cc1ccc(O)cc1)C(=O)NC(CO)C(=O)O. The van der Waals surface area contributed by atoms with Gasteiger partial charge in [0.05, 0.1) is 19.1 Å². The highest BCUT2D eigenvalue weighted by Gasteiger charge is 2.32. The third kappa shape index (κ3) is 9.59. The standard InChI is InChI=1S/C22H33N5O8/c1-3-11(2)18(27-19(31)14(23)9-17(24)30)21(33)25-15(8-12-4-6-13(29)7-5-12)20(32)26-16(10-28)22(34)35/h4-7,11,14-16,18,28-29H,3,8-10,23H2,1-2H3,(H2,24,30)(H,25,33)(H,26,32)(H,27,31)(H,34,35). The van der Waals surface area contributed by atoms with Crippen molar-refractivity contribution in [2.75, 3.05) is 6.61 Å². The van der Waals surface area contributed by atoms with E-state index in [1.807, 2.05) is 0 Å². The number of rotatable bonds is 14. The molecule has 0 heterocycles. The molecule has 0 saturated heterocycles. The van der Waals surface area contributed by atoms with Crippen molar-refractivity contribution in [1.29, 1.82) is 0 Å². The number of aliphatic carboxylic acids is 1. The number of aliphatic hydroxyl groups excluding tert-OH is 1. The Morgan fingerprint density at radius 1 is 0.943 bits per heavy atom. The Morgan fingerprint density at radius 2 is 1.51 bits per heavy atom. The summed E-state index contributed by atoms with van der Waals surface area (Å²) < 4.78 is 0. The number of carbonyl (C=O) groups is 5. The summed E-state index contributed by atoms with van der Waals surface area (Å²) >= 11 is 0. The number of carboxylic acid groups (broad SMARTS) is 1. The Kier molecular flexibility index (Phi) is 11.6. The number of nitrogens with two attached hydrogens (primary N) is 2. The summed E-state index contributed by atoms with van der Waals surface area (Å²) in [7, 11) is 0. The Hall–Kier alpha value is -3.71. The molecule has 1 aromatic rings. The molecule has 35 heavy (non-hydrogen) atoms. The average molecular weight is 496 g/mol. The van der Waals surface area contributed by atoms with E-state index in [1.165, 1.54) is 24.3 Å². The van der Waals surface area contributed by atoms with Crippen LogP contribution in [0.2, 0.25) is 0 Å². The maximum atomic E-state index is 13.1. The number of carboxylic acids is 1. The van der Waals surface area contributed by atoms with Gasteiger partial charge in [-0.3, -0.25) is 19.2 Å². The van der Waals surface area contributed by atoms with Crippen molar-refractivity contribution in [1.82, 2.24) is 16.0 Å². The number of phenols is 1. The molecule has 5 atom stereocenters. The zero-order valence-electron chi connectivity index (χ0n) is 19.6. The molecule has 5 unspecified atom stereocenters. The zero-order chi connectivity index (χ0) is 26.7. The predicted octanol–water partition coefficient (Wildman–Crippen LogP) is -2.29. The maximum absolute atomic E-state index is 13.1. The van der Waals surface area contributed by atoms with Crippen molar-refractivity contribution in [3.8, 4) is 5.75 Å². The van der Waals surface area contributed by atoms with Crippen molar-refractivity contribution < 1.29 is 39.3 Å². The molecule has 0 radical (unpaired) electrons. The molecular weight excluding hydrogens is 462 g/mol. The minimum absolute atomic E-state index is 0.0168. The highest BCUT2D eigenvalue weighted by Crippen LogP contribution is 2.13. The molecule has 0 aliphatic rings. The van der Waals surface area contributed by atoms with Gasteiger partial charge in [-0.25, -0.2) is 4.79 Å². The lowest BCUT2D eigenvalue weighted by Crippen LogP contribution is -2.59. The fraction of sp³-hybridized carbons (Fsp3) is 0.500. The predicted molar refractivity (Wildman–Crippen MR) is 124 cm³/mol. The molecule has 10 N–H and O–H groups in total. The van der Waals surface area contributed by atoms with Crippen molar-refractivity contribution in [3.05, 3.63) is 29.8 Å². The Bertz CT molecular complexity index is 908. The van der Waals surface area contributed by atoms with Gasteiger partial charge in [-0.2, -0.15) is 0 Å². The summed E-state index contributed by atoms with van der Waals surface area (Å²) in [4.78, 5) is 60.6. The smallest absolute Gasteiger partial charge is 0.328 e. The molecule has 13 nitrogen and oxygen atoms in total. The number of carbonyl (C=O) groups excluding carboxylic acids is 4. The van der Waals surface area contributed by atoms with E-state index in [-0.39, 0.29) is 12.2 Å².